The normalized spacial score (nSPS) is 10.9. The van der Waals surface area contributed by atoms with Gasteiger partial charge in [0.15, 0.2) is 0 Å². The molecule has 8 nitrogen and oxygen atoms in total. The van der Waals surface area contributed by atoms with E-state index in [1.54, 1.807) is 21.3 Å². The molecule has 28 heavy (non-hydrogen) atoms. The maximum absolute atomic E-state index is 12.7. The Morgan fingerprint density at radius 3 is 2.32 bits per heavy atom. The van der Waals surface area contributed by atoms with Crippen LogP contribution in [0.4, 0.5) is 0 Å². The van der Waals surface area contributed by atoms with E-state index in [9.17, 15) is 14.4 Å². The minimum Gasteiger partial charge on any atom is -0.467 e. The molecule has 0 bridgehead atoms. The lowest BCUT2D eigenvalue weighted by Crippen LogP contribution is -2.37. The second kappa shape index (κ2) is 9.07. The van der Waals surface area contributed by atoms with Crippen LogP contribution in [0.25, 0.3) is 11.0 Å². The first-order chi connectivity index (χ1) is 13.6. The number of hydrogen-bond acceptors (Lipinski definition) is 4. The van der Waals surface area contributed by atoms with Gasteiger partial charge in [0, 0.05) is 19.5 Å². The molecule has 3 rings (SSSR count). The van der Waals surface area contributed by atoms with Crippen LogP contribution in [0.3, 0.4) is 0 Å². The molecule has 0 radical (unpaired) electrons. The van der Waals surface area contributed by atoms with Gasteiger partial charge in [0.2, 0.25) is 11.8 Å². The summed E-state index contributed by atoms with van der Waals surface area (Å²) in [6.07, 6.45) is 2.50. The van der Waals surface area contributed by atoms with Crippen molar-refractivity contribution in [3.05, 3.63) is 58.9 Å². The Labute approximate surface area is 162 Å². The van der Waals surface area contributed by atoms with Crippen LogP contribution in [0.2, 0.25) is 0 Å². The smallest absolute Gasteiger partial charge is 0.329 e. The van der Waals surface area contributed by atoms with Gasteiger partial charge in [-0.05, 0) is 30.7 Å². The van der Waals surface area contributed by atoms with Crippen molar-refractivity contribution < 1.29 is 14.0 Å². The first kappa shape index (κ1) is 19.5. The predicted octanol–water partition coefficient (Wildman–Crippen LogP) is 1.63. The average Bonchev–Trinajstić information content (AvgIpc) is 3.31. The van der Waals surface area contributed by atoms with Crippen LogP contribution in [-0.4, -0.2) is 27.5 Å². The van der Waals surface area contributed by atoms with E-state index in [1.807, 2.05) is 31.2 Å². The fourth-order valence-corrected chi connectivity index (χ4v) is 3.07. The number of amides is 2. The molecule has 0 atom stereocenters. The van der Waals surface area contributed by atoms with Crippen LogP contribution in [0.1, 0.15) is 25.5 Å². The molecule has 0 fully saturated rings. The number of carbonyl (C=O) groups is 2. The summed E-state index contributed by atoms with van der Waals surface area (Å²) in [5, 5.41) is 5.24. The summed E-state index contributed by atoms with van der Waals surface area (Å²) in [5.41, 5.74) is 1.56. The molecule has 2 aromatic heterocycles. The molecule has 0 unspecified atom stereocenters. The van der Waals surface area contributed by atoms with Gasteiger partial charge >= 0.3 is 5.69 Å². The van der Waals surface area contributed by atoms with Gasteiger partial charge in [0.05, 0.1) is 30.4 Å². The Kier molecular flexibility index (Phi) is 6.31. The molecule has 0 aliphatic carbocycles. The molecule has 0 aliphatic rings. The highest BCUT2D eigenvalue weighted by molar-refractivity contribution is 5.84. The van der Waals surface area contributed by atoms with Crippen LogP contribution in [0, 0.1) is 0 Å². The first-order valence-corrected chi connectivity index (χ1v) is 9.34. The first-order valence-electron chi connectivity index (χ1n) is 9.34. The van der Waals surface area contributed by atoms with Gasteiger partial charge in [0.25, 0.3) is 0 Å². The lowest BCUT2D eigenvalue weighted by Gasteiger charge is -2.07. The van der Waals surface area contributed by atoms with E-state index in [1.165, 1.54) is 6.26 Å². The molecule has 2 N–H and O–H groups in total. The summed E-state index contributed by atoms with van der Waals surface area (Å²) >= 11 is 0. The number of rotatable bonds is 9. The minimum atomic E-state index is -0.304. The zero-order valence-electron chi connectivity index (χ0n) is 15.8. The maximum atomic E-state index is 12.7. The standard InChI is InChI=1S/C20H24N4O4/c1-2-10-23-16-7-3-4-8-17(16)24(20(23)27)11-9-18(25)22-14-19(26)21-13-15-6-5-12-28-15/h3-8,12H,2,9-11,13-14H2,1H3,(H,21,26)(H,22,25). The van der Waals surface area contributed by atoms with Gasteiger partial charge in [-0.1, -0.05) is 19.1 Å². The molecule has 0 saturated carbocycles. The largest absolute Gasteiger partial charge is 0.467 e. The third-order valence-corrected chi connectivity index (χ3v) is 4.42. The van der Waals surface area contributed by atoms with E-state index in [-0.39, 0.29) is 43.6 Å². The molecule has 1 aromatic carbocycles. The second-order valence-corrected chi connectivity index (χ2v) is 6.46. The van der Waals surface area contributed by atoms with Crippen LogP contribution in [-0.2, 0) is 29.2 Å². The fraction of sp³-hybridized carbons (Fsp3) is 0.350. The number of para-hydroxylation sites is 2. The minimum absolute atomic E-state index is 0.117. The number of aryl methyl sites for hydroxylation is 2. The Morgan fingerprint density at radius 1 is 0.964 bits per heavy atom. The van der Waals surface area contributed by atoms with Gasteiger partial charge in [-0.25, -0.2) is 4.79 Å². The van der Waals surface area contributed by atoms with Crippen molar-refractivity contribution >= 4 is 22.8 Å². The molecule has 0 saturated heterocycles. The van der Waals surface area contributed by atoms with Crippen molar-refractivity contribution in [2.45, 2.75) is 39.4 Å². The van der Waals surface area contributed by atoms with Crippen molar-refractivity contribution in [3.63, 3.8) is 0 Å². The maximum Gasteiger partial charge on any atom is 0.329 e. The quantitative estimate of drug-likeness (QED) is 0.586. The number of benzene rings is 1. The van der Waals surface area contributed by atoms with E-state index in [2.05, 4.69) is 10.6 Å². The monoisotopic (exact) mass is 384 g/mol. The van der Waals surface area contributed by atoms with Crippen molar-refractivity contribution in [3.8, 4) is 0 Å². The number of aromatic nitrogens is 2. The van der Waals surface area contributed by atoms with Crippen molar-refractivity contribution in [2.24, 2.45) is 0 Å². The Hall–Kier alpha value is -3.29. The highest BCUT2D eigenvalue weighted by Crippen LogP contribution is 2.13. The van der Waals surface area contributed by atoms with Crippen LogP contribution >= 0.6 is 0 Å². The van der Waals surface area contributed by atoms with Crippen molar-refractivity contribution in [1.82, 2.24) is 19.8 Å². The Morgan fingerprint density at radius 2 is 1.68 bits per heavy atom. The van der Waals surface area contributed by atoms with Gasteiger partial charge in [-0.2, -0.15) is 0 Å². The lowest BCUT2D eigenvalue weighted by molar-refractivity contribution is -0.126. The third kappa shape index (κ3) is 4.51. The van der Waals surface area contributed by atoms with E-state index in [4.69, 9.17) is 4.42 Å². The number of nitrogens with one attached hydrogen (secondary N) is 2. The number of imidazole rings is 1. The third-order valence-electron chi connectivity index (χ3n) is 4.42. The molecular formula is C20H24N4O4. The highest BCUT2D eigenvalue weighted by Gasteiger charge is 2.13. The number of carbonyl (C=O) groups excluding carboxylic acids is 2. The van der Waals surface area contributed by atoms with Gasteiger partial charge < -0.3 is 15.1 Å². The van der Waals surface area contributed by atoms with E-state index in [0.29, 0.717) is 12.3 Å². The number of furan rings is 1. The molecule has 0 aliphatic heterocycles. The van der Waals surface area contributed by atoms with Crippen LogP contribution in [0.15, 0.2) is 51.9 Å². The van der Waals surface area contributed by atoms with Crippen molar-refractivity contribution in [2.75, 3.05) is 6.54 Å². The summed E-state index contributed by atoms with van der Waals surface area (Å²) in [6, 6.07) is 11.0. The summed E-state index contributed by atoms with van der Waals surface area (Å²) in [6.45, 7) is 3.06. The lowest BCUT2D eigenvalue weighted by atomic mass is 10.3. The summed E-state index contributed by atoms with van der Waals surface area (Å²) in [5.74, 6) is 0.0522. The number of nitrogens with zero attached hydrogens (tertiary/aromatic N) is 2. The van der Waals surface area contributed by atoms with Crippen molar-refractivity contribution in [1.29, 1.82) is 0 Å². The fourth-order valence-electron chi connectivity index (χ4n) is 3.07. The van der Waals surface area contributed by atoms with E-state index < -0.39 is 0 Å². The van der Waals surface area contributed by atoms with Gasteiger partial charge in [0.1, 0.15) is 5.76 Å². The van der Waals surface area contributed by atoms with Crippen LogP contribution < -0.4 is 16.3 Å². The van der Waals surface area contributed by atoms with Crippen LogP contribution in [0.5, 0.6) is 0 Å². The molecule has 148 valence electrons. The molecule has 3 aromatic rings. The highest BCUT2D eigenvalue weighted by atomic mass is 16.3. The average molecular weight is 384 g/mol. The topological polar surface area (TPSA) is 98.3 Å². The van der Waals surface area contributed by atoms with E-state index >= 15 is 0 Å². The SMILES string of the molecule is CCCn1c(=O)n(CCC(=O)NCC(=O)NCc2ccco2)c2ccccc21. The number of hydrogen-bond donors (Lipinski definition) is 2. The predicted molar refractivity (Wildman–Crippen MR) is 105 cm³/mol. The molecule has 8 heteroatoms. The number of fused-ring (bicyclic) bond motifs is 1. The van der Waals surface area contributed by atoms with Gasteiger partial charge in [-0.3, -0.25) is 18.7 Å². The zero-order valence-corrected chi connectivity index (χ0v) is 15.8. The molecular weight excluding hydrogens is 360 g/mol. The Balaban J connectivity index is 1.54. The molecule has 2 amide bonds. The molecule has 0 spiro atoms. The summed E-state index contributed by atoms with van der Waals surface area (Å²) in [4.78, 5) is 36.6. The second-order valence-electron chi connectivity index (χ2n) is 6.46. The zero-order chi connectivity index (χ0) is 19.9. The van der Waals surface area contributed by atoms with Gasteiger partial charge in [-0.15, -0.1) is 0 Å². The molecule has 2 heterocycles. The Bertz CT molecular complexity index is 1000. The van der Waals surface area contributed by atoms with E-state index in [0.717, 1.165) is 17.5 Å². The summed E-state index contributed by atoms with van der Waals surface area (Å²) in [7, 11) is 0. The summed E-state index contributed by atoms with van der Waals surface area (Å²) < 4.78 is 8.47.